The maximum Gasteiger partial charge on any atom is -0.00553 e. The van der Waals surface area contributed by atoms with Gasteiger partial charge < -0.3 is 0 Å². The molecule has 3 atom stereocenters. The first-order valence-corrected chi connectivity index (χ1v) is 15.4. The molecule has 0 amide bonds. The minimum absolute atomic E-state index is 0.109. The van der Waals surface area contributed by atoms with Crippen molar-refractivity contribution in [2.75, 3.05) is 6.16 Å². The fraction of sp³-hybridized carbons (Fsp3) is 0.419. The Morgan fingerprint density at radius 1 is 0.727 bits per heavy atom. The van der Waals surface area contributed by atoms with Crippen molar-refractivity contribution >= 4 is 31.8 Å². The molecule has 0 aromatic heterocycles. The van der Waals surface area contributed by atoms with Crippen LogP contribution < -0.4 is 15.9 Å². The van der Waals surface area contributed by atoms with Gasteiger partial charge in [-0.05, 0) is 76.5 Å². The molecule has 172 valence electrons. The Hall–Kier alpha value is -1.48. The monoisotopic (exact) mass is 472 g/mol. The van der Waals surface area contributed by atoms with Crippen molar-refractivity contribution in [3.8, 4) is 0 Å². The van der Waals surface area contributed by atoms with Gasteiger partial charge in [-0.1, -0.05) is 127 Å². The van der Waals surface area contributed by atoms with Crippen molar-refractivity contribution < 1.29 is 0 Å². The summed E-state index contributed by atoms with van der Waals surface area (Å²) < 4.78 is 0. The van der Waals surface area contributed by atoms with Crippen LogP contribution in [0.5, 0.6) is 0 Å². The molecule has 1 saturated carbocycles. The molecule has 3 aromatic rings. The van der Waals surface area contributed by atoms with Crippen molar-refractivity contribution in [1.29, 1.82) is 0 Å². The van der Waals surface area contributed by atoms with E-state index in [1.54, 1.807) is 10.9 Å². The Morgan fingerprint density at radius 3 is 1.79 bits per heavy atom. The van der Waals surface area contributed by atoms with E-state index in [0.717, 1.165) is 11.8 Å². The van der Waals surface area contributed by atoms with Crippen LogP contribution >= 0.6 is 15.8 Å². The van der Waals surface area contributed by atoms with Crippen molar-refractivity contribution in [2.24, 2.45) is 11.8 Å². The molecule has 0 radical (unpaired) electrons. The van der Waals surface area contributed by atoms with Crippen LogP contribution in [0.2, 0.25) is 0 Å². The van der Waals surface area contributed by atoms with E-state index in [2.05, 4.69) is 120 Å². The maximum atomic E-state index is 2.52. The Bertz CT molecular complexity index is 1030. The third-order valence-corrected chi connectivity index (χ3v) is 15.7. The van der Waals surface area contributed by atoms with Gasteiger partial charge in [0.15, 0.2) is 0 Å². The molecule has 0 nitrogen and oxygen atoms in total. The SMILES string of the molecule is CC1CC(CP2C(C)(C)C2(C)C)C(c2ccccc2P(c2ccccc2)c2ccccc2)C1. The summed E-state index contributed by atoms with van der Waals surface area (Å²) in [4.78, 5) is 0. The zero-order valence-electron chi connectivity index (χ0n) is 20.8. The van der Waals surface area contributed by atoms with Crippen LogP contribution in [0.4, 0.5) is 0 Å². The van der Waals surface area contributed by atoms with Crippen molar-refractivity contribution in [3.63, 3.8) is 0 Å². The lowest BCUT2D eigenvalue weighted by Gasteiger charge is -2.28. The van der Waals surface area contributed by atoms with Crippen LogP contribution in [-0.4, -0.2) is 16.5 Å². The van der Waals surface area contributed by atoms with Gasteiger partial charge in [-0.15, -0.1) is 0 Å². The molecule has 0 N–H and O–H groups in total. The molecule has 1 saturated heterocycles. The van der Waals surface area contributed by atoms with Crippen LogP contribution in [0.15, 0.2) is 84.9 Å². The normalized spacial score (nSPS) is 25.9. The number of hydrogen-bond acceptors (Lipinski definition) is 0. The average Bonchev–Trinajstić information content (AvgIpc) is 3.06. The summed E-state index contributed by atoms with van der Waals surface area (Å²) in [7, 11) is -0.445. The zero-order chi connectivity index (χ0) is 23.2. The van der Waals surface area contributed by atoms with Gasteiger partial charge in [0.1, 0.15) is 0 Å². The van der Waals surface area contributed by atoms with Gasteiger partial charge in [0.2, 0.25) is 0 Å². The topological polar surface area (TPSA) is 0 Å². The van der Waals surface area contributed by atoms with Crippen LogP contribution in [0, 0.1) is 11.8 Å². The van der Waals surface area contributed by atoms with Crippen LogP contribution in [0.25, 0.3) is 0 Å². The average molecular weight is 473 g/mol. The molecule has 0 bridgehead atoms. The lowest BCUT2D eigenvalue weighted by Crippen LogP contribution is -2.25. The van der Waals surface area contributed by atoms with Crippen molar-refractivity contribution in [3.05, 3.63) is 90.5 Å². The fourth-order valence-corrected chi connectivity index (χ4v) is 12.9. The van der Waals surface area contributed by atoms with Gasteiger partial charge in [-0.2, -0.15) is 0 Å². The van der Waals surface area contributed by atoms with Crippen molar-refractivity contribution in [2.45, 2.75) is 63.7 Å². The van der Waals surface area contributed by atoms with Crippen LogP contribution in [0.1, 0.15) is 58.9 Å². The molecule has 1 aliphatic carbocycles. The predicted molar refractivity (Wildman–Crippen MR) is 150 cm³/mol. The van der Waals surface area contributed by atoms with Gasteiger partial charge in [0.25, 0.3) is 0 Å². The molecular weight excluding hydrogens is 434 g/mol. The third kappa shape index (κ3) is 4.24. The largest absolute Gasteiger partial charge is 0.0930 e. The van der Waals surface area contributed by atoms with Crippen LogP contribution in [0.3, 0.4) is 0 Å². The van der Waals surface area contributed by atoms with E-state index < -0.39 is 7.92 Å². The summed E-state index contributed by atoms with van der Waals surface area (Å²) in [6, 6.07) is 31.9. The number of benzene rings is 3. The van der Waals surface area contributed by atoms with Gasteiger partial charge in [0.05, 0.1) is 0 Å². The molecule has 1 aliphatic heterocycles. The lowest BCUT2D eigenvalue weighted by molar-refractivity contribution is 0.534. The van der Waals surface area contributed by atoms with E-state index in [1.807, 2.05) is 0 Å². The molecule has 0 spiro atoms. The van der Waals surface area contributed by atoms with E-state index in [0.29, 0.717) is 16.2 Å². The molecule has 3 aromatic carbocycles. The summed E-state index contributed by atoms with van der Waals surface area (Å²) in [6.07, 6.45) is 4.20. The molecular formula is C31H38P2. The number of rotatable bonds is 6. The molecule has 2 aliphatic rings. The van der Waals surface area contributed by atoms with Crippen LogP contribution in [-0.2, 0) is 0 Å². The smallest absolute Gasteiger partial charge is 0.00553 e. The highest BCUT2D eigenvalue weighted by atomic mass is 31.1. The van der Waals surface area contributed by atoms with E-state index in [9.17, 15) is 0 Å². The first kappa shape index (κ1) is 23.3. The Morgan fingerprint density at radius 2 is 1.24 bits per heavy atom. The van der Waals surface area contributed by atoms with E-state index >= 15 is 0 Å². The summed E-state index contributed by atoms with van der Waals surface area (Å²) in [5, 5.41) is 5.58. The standard InChI is InChI=1S/C31H38P2/c1-23-20-24(22-32-30(2,3)31(32,4)5)28(21-23)27-18-12-13-19-29(27)33(25-14-8-6-9-15-25)26-16-10-7-11-17-26/h6-19,23-24,28H,20-22H2,1-5H3. The highest BCUT2D eigenvalue weighted by molar-refractivity contribution is 7.79. The highest BCUT2D eigenvalue weighted by Crippen LogP contribution is 2.83. The quantitative estimate of drug-likeness (QED) is 0.324. The first-order valence-electron chi connectivity index (χ1n) is 12.6. The Kier molecular flexibility index (Phi) is 6.31. The maximum absolute atomic E-state index is 2.52. The fourth-order valence-electron chi connectivity index (χ4n) is 6.29. The highest BCUT2D eigenvalue weighted by Gasteiger charge is 2.64. The third-order valence-electron chi connectivity index (χ3n) is 8.75. The predicted octanol–water partition coefficient (Wildman–Crippen LogP) is 7.63. The van der Waals surface area contributed by atoms with E-state index in [4.69, 9.17) is 0 Å². The second-order valence-corrected chi connectivity index (χ2v) is 16.9. The van der Waals surface area contributed by atoms with Gasteiger partial charge in [-0.25, -0.2) is 0 Å². The Labute approximate surface area is 203 Å². The lowest BCUT2D eigenvalue weighted by atomic mass is 9.90. The summed E-state index contributed by atoms with van der Waals surface area (Å²) in [6.45, 7) is 12.6. The minimum Gasteiger partial charge on any atom is -0.0930 e. The van der Waals surface area contributed by atoms with E-state index in [-0.39, 0.29) is 7.92 Å². The molecule has 33 heavy (non-hydrogen) atoms. The molecule has 2 fully saturated rings. The molecule has 2 heteroatoms. The molecule has 3 unspecified atom stereocenters. The minimum atomic E-state index is -0.554. The summed E-state index contributed by atoms with van der Waals surface area (Å²) in [5.41, 5.74) is 1.64. The Balaban J connectivity index is 1.55. The summed E-state index contributed by atoms with van der Waals surface area (Å²) >= 11 is 0. The second kappa shape index (κ2) is 8.95. The summed E-state index contributed by atoms with van der Waals surface area (Å²) in [5.74, 6) is 2.36. The second-order valence-electron chi connectivity index (χ2n) is 11.2. The van der Waals surface area contributed by atoms with Gasteiger partial charge in [0, 0.05) is 0 Å². The van der Waals surface area contributed by atoms with Crippen molar-refractivity contribution in [1.82, 2.24) is 0 Å². The molecule has 5 rings (SSSR count). The zero-order valence-corrected chi connectivity index (χ0v) is 22.6. The van der Waals surface area contributed by atoms with E-state index in [1.165, 1.54) is 29.6 Å². The first-order chi connectivity index (χ1) is 15.8. The van der Waals surface area contributed by atoms with Gasteiger partial charge >= 0.3 is 0 Å². The number of hydrogen-bond donors (Lipinski definition) is 0. The van der Waals surface area contributed by atoms with Gasteiger partial charge in [-0.3, -0.25) is 0 Å². The molecule has 1 heterocycles.